The van der Waals surface area contributed by atoms with Gasteiger partial charge in [-0.05, 0) is 94.9 Å². The molecule has 0 spiro atoms. The number of alkyl halides is 3. The zero-order valence-electron chi connectivity index (χ0n) is 22.9. The molecule has 0 radical (unpaired) electrons. The highest BCUT2D eigenvalue weighted by molar-refractivity contribution is 7.92. The Morgan fingerprint density at radius 2 is 1.54 bits per heavy atom. The highest BCUT2D eigenvalue weighted by atomic mass is 32.2. The van der Waals surface area contributed by atoms with E-state index in [1.807, 2.05) is 6.92 Å². The van der Waals surface area contributed by atoms with Crippen LogP contribution in [0.25, 0.3) is 0 Å². The molecule has 2 aliphatic heterocycles. The Morgan fingerprint density at radius 3 is 2.07 bits per heavy atom. The van der Waals surface area contributed by atoms with Gasteiger partial charge < -0.3 is 20.0 Å². The fourth-order valence-corrected chi connectivity index (χ4v) is 6.04. The molecule has 41 heavy (non-hydrogen) atoms. The summed E-state index contributed by atoms with van der Waals surface area (Å²) in [5, 5.41) is 17.0. The van der Waals surface area contributed by atoms with E-state index in [4.69, 9.17) is 9.90 Å². The molecule has 2 aromatic carbocycles. The number of carbonyl (C=O) groups is 2. The molecule has 2 saturated heterocycles. The van der Waals surface area contributed by atoms with Crippen LogP contribution in [0.2, 0.25) is 0 Å². The normalized spacial score (nSPS) is 16.9. The minimum absolute atomic E-state index is 0.121. The molecule has 0 saturated carbocycles. The Hall–Kier alpha value is -3.32. The molecule has 4 rings (SSSR count). The average Bonchev–Trinajstić information content (AvgIpc) is 2.92. The third-order valence-electron chi connectivity index (χ3n) is 7.31. The molecule has 2 aliphatic rings. The van der Waals surface area contributed by atoms with E-state index in [2.05, 4.69) is 14.5 Å². The number of halogens is 3. The number of hydrogen-bond acceptors (Lipinski definition) is 6. The molecule has 2 fully saturated rings. The molecule has 2 aromatic rings. The summed E-state index contributed by atoms with van der Waals surface area (Å²) in [4.78, 5) is 25.8. The van der Waals surface area contributed by atoms with Crippen LogP contribution < -0.4 is 9.62 Å². The topological polar surface area (TPSA) is 127 Å². The predicted octanol–water partition coefficient (Wildman–Crippen LogP) is 5.22. The molecule has 0 bridgehead atoms. The zero-order chi connectivity index (χ0) is 30.2. The van der Waals surface area contributed by atoms with Gasteiger partial charge in [0.25, 0.3) is 10.0 Å². The van der Waals surface area contributed by atoms with Crippen molar-refractivity contribution in [2.45, 2.75) is 56.5 Å². The van der Waals surface area contributed by atoms with Gasteiger partial charge in [-0.3, -0.25) is 4.72 Å². The molecular weight excluding hydrogens is 563 g/mol. The summed E-state index contributed by atoms with van der Waals surface area (Å²) >= 11 is 0. The maximum absolute atomic E-state index is 12.7. The first-order valence-corrected chi connectivity index (χ1v) is 15.0. The number of anilines is 2. The number of benzene rings is 2. The van der Waals surface area contributed by atoms with Crippen molar-refractivity contribution in [1.29, 1.82) is 0 Å². The van der Waals surface area contributed by atoms with Gasteiger partial charge in [0, 0.05) is 18.8 Å². The van der Waals surface area contributed by atoms with Crippen molar-refractivity contribution in [2.75, 3.05) is 42.3 Å². The van der Waals surface area contributed by atoms with Crippen molar-refractivity contribution >= 4 is 33.3 Å². The van der Waals surface area contributed by atoms with Gasteiger partial charge in [0.05, 0.1) is 16.1 Å². The van der Waals surface area contributed by atoms with Crippen LogP contribution in [-0.2, 0) is 14.8 Å². The molecule has 13 heteroatoms. The number of nitrogens with one attached hydrogen (secondary N) is 1. The second-order valence-electron chi connectivity index (χ2n) is 10.4. The predicted molar refractivity (Wildman–Crippen MR) is 149 cm³/mol. The number of carboxylic acid groups (broad SMARTS) is 2. The molecule has 0 unspecified atom stereocenters. The lowest BCUT2D eigenvalue weighted by Crippen LogP contribution is -2.37. The number of aryl methyl sites for hydroxylation is 1. The molecule has 9 nitrogen and oxygen atoms in total. The van der Waals surface area contributed by atoms with Crippen LogP contribution in [0.5, 0.6) is 0 Å². The summed E-state index contributed by atoms with van der Waals surface area (Å²) in [6.45, 7) is 7.14. The first-order chi connectivity index (χ1) is 19.3. The van der Waals surface area contributed by atoms with Gasteiger partial charge in [-0.25, -0.2) is 18.0 Å². The Morgan fingerprint density at radius 1 is 0.951 bits per heavy atom. The molecule has 226 valence electrons. The van der Waals surface area contributed by atoms with E-state index >= 15 is 0 Å². The molecule has 0 aromatic heterocycles. The number of piperidine rings is 2. The first kappa shape index (κ1) is 32.2. The maximum atomic E-state index is 12.7. The minimum Gasteiger partial charge on any atom is -0.478 e. The lowest BCUT2D eigenvalue weighted by Gasteiger charge is -2.35. The van der Waals surface area contributed by atoms with Crippen LogP contribution >= 0.6 is 0 Å². The summed E-state index contributed by atoms with van der Waals surface area (Å²) in [6.07, 6.45) is 2.21. The third kappa shape index (κ3) is 9.63. The van der Waals surface area contributed by atoms with Crippen LogP contribution in [0.4, 0.5) is 24.5 Å². The number of nitrogens with zero attached hydrogens (tertiary/aromatic N) is 2. The van der Waals surface area contributed by atoms with E-state index < -0.39 is 28.1 Å². The minimum atomic E-state index is -5.08. The number of rotatable bonds is 8. The second-order valence-corrected chi connectivity index (χ2v) is 12.1. The van der Waals surface area contributed by atoms with E-state index in [1.54, 1.807) is 36.4 Å². The fourth-order valence-electron chi connectivity index (χ4n) is 4.99. The van der Waals surface area contributed by atoms with Crippen molar-refractivity contribution in [2.24, 2.45) is 5.92 Å². The van der Waals surface area contributed by atoms with Gasteiger partial charge in [0.1, 0.15) is 0 Å². The van der Waals surface area contributed by atoms with Gasteiger partial charge in [0.2, 0.25) is 0 Å². The van der Waals surface area contributed by atoms with E-state index in [-0.39, 0.29) is 16.1 Å². The summed E-state index contributed by atoms with van der Waals surface area (Å²) < 4.78 is 59.7. The van der Waals surface area contributed by atoms with Crippen molar-refractivity contribution < 1.29 is 41.4 Å². The number of hydrogen-bond donors (Lipinski definition) is 3. The SMILES string of the molecule is Cc1ccc(S(=O)(=O)Nc2ccc(N3CCC(CCN4CCCCC4)CC3)c(C(=O)O)c2)cc1.O=C(O)C(F)(F)F. The monoisotopic (exact) mass is 599 g/mol. The number of aliphatic carboxylic acids is 1. The number of aromatic carboxylic acids is 1. The van der Waals surface area contributed by atoms with Crippen LogP contribution in [0.15, 0.2) is 47.4 Å². The first-order valence-electron chi connectivity index (χ1n) is 13.5. The highest BCUT2D eigenvalue weighted by Crippen LogP contribution is 2.31. The molecule has 3 N–H and O–H groups in total. The molecule has 0 atom stereocenters. The summed E-state index contributed by atoms with van der Waals surface area (Å²) in [5.41, 5.74) is 1.99. The fraction of sp³-hybridized carbons (Fsp3) is 0.500. The Balaban J connectivity index is 0.000000587. The maximum Gasteiger partial charge on any atom is 0.490 e. The number of likely N-dealkylation sites (tertiary alicyclic amines) is 1. The van der Waals surface area contributed by atoms with E-state index in [9.17, 15) is 31.5 Å². The van der Waals surface area contributed by atoms with Gasteiger partial charge in [-0.2, -0.15) is 13.2 Å². The average molecular weight is 600 g/mol. The molecule has 0 amide bonds. The summed E-state index contributed by atoms with van der Waals surface area (Å²) in [6, 6.07) is 11.3. The summed E-state index contributed by atoms with van der Waals surface area (Å²) in [5.74, 6) is -3.14. The zero-order valence-corrected chi connectivity index (χ0v) is 23.7. The van der Waals surface area contributed by atoms with Crippen molar-refractivity contribution in [1.82, 2.24) is 4.90 Å². The Labute approximate surface area is 238 Å². The summed E-state index contributed by atoms with van der Waals surface area (Å²) in [7, 11) is -3.79. The quantitative estimate of drug-likeness (QED) is 0.377. The van der Waals surface area contributed by atoms with E-state index in [0.717, 1.165) is 31.5 Å². The lowest BCUT2D eigenvalue weighted by atomic mass is 9.92. The van der Waals surface area contributed by atoms with Gasteiger partial charge in [0.15, 0.2) is 0 Å². The van der Waals surface area contributed by atoms with Crippen LogP contribution in [0.3, 0.4) is 0 Å². The highest BCUT2D eigenvalue weighted by Gasteiger charge is 2.38. The molecular formula is C28H36F3N3O6S. The Bertz CT molecular complexity index is 1290. The lowest BCUT2D eigenvalue weighted by molar-refractivity contribution is -0.192. The van der Waals surface area contributed by atoms with Crippen molar-refractivity contribution in [3.05, 3.63) is 53.6 Å². The standard InChI is InChI=1S/C26H35N3O4S.C2HF3O2/c1-20-5-8-23(9-6-20)34(32,33)27-22-7-10-25(24(19-22)26(30)31)29-17-12-21(13-18-29)11-16-28-14-3-2-4-15-28;3-2(4,5)1(6)7/h5-10,19,21,27H,2-4,11-18H2,1H3,(H,30,31);(H,6,7). The van der Waals surface area contributed by atoms with E-state index in [0.29, 0.717) is 11.6 Å². The molecule has 2 heterocycles. The Kier molecular flexibility index (Phi) is 11.0. The van der Waals surface area contributed by atoms with Gasteiger partial charge in [-0.1, -0.05) is 24.1 Å². The van der Waals surface area contributed by atoms with Gasteiger partial charge in [-0.15, -0.1) is 0 Å². The van der Waals surface area contributed by atoms with Crippen LogP contribution in [0.1, 0.15) is 54.4 Å². The number of sulfonamides is 1. The molecule has 0 aliphatic carbocycles. The van der Waals surface area contributed by atoms with Crippen molar-refractivity contribution in [3.8, 4) is 0 Å². The third-order valence-corrected chi connectivity index (χ3v) is 8.71. The van der Waals surface area contributed by atoms with Crippen LogP contribution in [-0.4, -0.2) is 74.4 Å². The second kappa shape index (κ2) is 14.0. The van der Waals surface area contributed by atoms with Crippen molar-refractivity contribution in [3.63, 3.8) is 0 Å². The number of carboxylic acids is 2. The van der Waals surface area contributed by atoms with Gasteiger partial charge >= 0.3 is 18.1 Å². The largest absolute Gasteiger partial charge is 0.490 e. The van der Waals surface area contributed by atoms with E-state index in [1.165, 1.54) is 51.4 Å². The van der Waals surface area contributed by atoms with Crippen LogP contribution in [0, 0.1) is 12.8 Å². The smallest absolute Gasteiger partial charge is 0.478 e.